The van der Waals surface area contributed by atoms with Crippen molar-refractivity contribution in [3.63, 3.8) is 0 Å². The van der Waals surface area contributed by atoms with Crippen LogP contribution >= 0.6 is 0 Å². The highest BCUT2D eigenvalue weighted by molar-refractivity contribution is 5.94. The number of H-pyrrole nitrogens is 1. The summed E-state index contributed by atoms with van der Waals surface area (Å²) in [4.78, 5) is 14.7. The molecule has 0 atom stereocenters. The Morgan fingerprint density at radius 1 is 1.32 bits per heavy atom. The summed E-state index contributed by atoms with van der Waals surface area (Å²) in [6, 6.07) is 6.83. The molecule has 5 nitrogen and oxygen atoms in total. The molecule has 1 fully saturated rings. The lowest BCUT2D eigenvalue weighted by Gasteiger charge is -2.32. The highest BCUT2D eigenvalue weighted by atomic mass is 19.1. The quantitative estimate of drug-likeness (QED) is 0.900. The highest BCUT2D eigenvalue weighted by Gasteiger charge is 2.28. The van der Waals surface area contributed by atoms with Crippen molar-refractivity contribution in [2.24, 2.45) is 5.92 Å². The molecule has 6 heteroatoms. The first kappa shape index (κ1) is 16.3. The minimum atomic E-state index is -0.179. The zero-order valence-corrected chi connectivity index (χ0v) is 14.2. The Bertz CT molecular complexity index is 765. The average Bonchev–Trinajstić information content (AvgIpc) is 3.06. The molecule has 0 bridgehead atoms. The zero-order valence-electron chi connectivity index (χ0n) is 14.2. The number of fused-ring (bicyclic) bond motifs is 1. The topological polar surface area (TPSA) is 61.0 Å². The van der Waals surface area contributed by atoms with Gasteiger partial charge in [-0.25, -0.2) is 4.39 Å². The fourth-order valence-corrected chi connectivity index (χ4v) is 3.89. The van der Waals surface area contributed by atoms with E-state index in [1.54, 1.807) is 12.1 Å². The summed E-state index contributed by atoms with van der Waals surface area (Å²) in [6.07, 6.45) is 3.67. The van der Waals surface area contributed by atoms with Gasteiger partial charge in [-0.15, -0.1) is 0 Å². The summed E-state index contributed by atoms with van der Waals surface area (Å²) in [5.74, 6) is 0.355. The number of aromatic nitrogens is 2. The molecule has 2 aliphatic heterocycles. The summed E-state index contributed by atoms with van der Waals surface area (Å²) < 4.78 is 13.3. The highest BCUT2D eigenvalue weighted by Crippen LogP contribution is 2.24. The van der Waals surface area contributed by atoms with Gasteiger partial charge in [-0.05, 0) is 42.9 Å². The van der Waals surface area contributed by atoms with Crippen LogP contribution in [0.4, 0.5) is 4.39 Å². The second-order valence-electron chi connectivity index (χ2n) is 7.03. The Kier molecular flexibility index (Phi) is 4.53. The fraction of sp³-hybridized carbons (Fsp3) is 0.474. The van der Waals surface area contributed by atoms with Crippen LogP contribution in [0.15, 0.2) is 24.3 Å². The van der Waals surface area contributed by atoms with Crippen molar-refractivity contribution in [1.82, 2.24) is 20.4 Å². The van der Waals surface area contributed by atoms with Crippen LogP contribution < -0.4 is 5.32 Å². The van der Waals surface area contributed by atoms with E-state index < -0.39 is 0 Å². The molecular formula is C19H23FN4O. The number of halogens is 1. The van der Waals surface area contributed by atoms with Crippen LogP contribution in [0.5, 0.6) is 0 Å². The van der Waals surface area contributed by atoms with Crippen molar-refractivity contribution in [2.45, 2.75) is 32.2 Å². The van der Waals surface area contributed by atoms with Crippen LogP contribution in [0.25, 0.3) is 0 Å². The molecule has 4 rings (SSSR count). The van der Waals surface area contributed by atoms with Crippen LogP contribution in [-0.4, -0.2) is 40.6 Å². The van der Waals surface area contributed by atoms with E-state index in [1.165, 1.54) is 6.07 Å². The Morgan fingerprint density at radius 2 is 2.16 bits per heavy atom. The standard InChI is InChI=1S/C19H23FN4O/c20-15-3-1-2-14(11-15)10-13-5-8-24(9-6-13)19(25)18-16-12-21-7-4-17(16)22-23-18/h1-3,11,13,21H,4-10,12H2,(H,22,23). The van der Waals surface area contributed by atoms with Gasteiger partial charge in [-0.2, -0.15) is 5.10 Å². The lowest BCUT2D eigenvalue weighted by molar-refractivity contribution is 0.0683. The van der Waals surface area contributed by atoms with Crippen LogP contribution in [0.1, 0.15) is 40.2 Å². The number of carbonyl (C=O) groups excluding carboxylic acids is 1. The molecule has 2 N–H and O–H groups in total. The number of rotatable bonds is 3. The maximum Gasteiger partial charge on any atom is 0.274 e. The summed E-state index contributed by atoms with van der Waals surface area (Å²) >= 11 is 0. The summed E-state index contributed by atoms with van der Waals surface area (Å²) in [5.41, 5.74) is 3.73. The van der Waals surface area contributed by atoms with E-state index in [1.807, 2.05) is 11.0 Å². The van der Waals surface area contributed by atoms with Gasteiger partial charge in [0.1, 0.15) is 5.82 Å². The predicted molar refractivity (Wildman–Crippen MR) is 92.7 cm³/mol. The van der Waals surface area contributed by atoms with Crippen molar-refractivity contribution in [1.29, 1.82) is 0 Å². The second kappa shape index (κ2) is 6.96. The van der Waals surface area contributed by atoms with Gasteiger partial charge in [0, 0.05) is 43.9 Å². The van der Waals surface area contributed by atoms with Gasteiger partial charge in [0.25, 0.3) is 5.91 Å². The molecule has 2 aromatic rings. The summed E-state index contributed by atoms with van der Waals surface area (Å²) in [7, 11) is 0. The molecular weight excluding hydrogens is 319 g/mol. The normalized spacial score (nSPS) is 18.2. The Balaban J connectivity index is 1.37. The number of benzene rings is 1. The molecule has 0 spiro atoms. The molecule has 0 aliphatic carbocycles. The molecule has 3 heterocycles. The van der Waals surface area contributed by atoms with Crippen molar-refractivity contribution in [2.75, 3.05) is 19.6 Å². The smallest absolute Gasteiger partial charge is 0.274 e. The van der Waals surface area contributed by atoms with E-state index in [-0.39, 0.29) is 11.7 Å². The van der Waals surface area contributed by atoms with Crippen molar-refractivity contribution in [3.05, 3.63) is 52.6 Å². The number of aromatic amines is 1. The predicted octanol–water partition coefficient (Wildman–Crippen LogP) is 2.29. The largest absolute Gasteiger partial charge is 0.337 e. The van der Waals surface area contributed by atoms with E-state index >= 15 is 0 Å². The third-order valence-corrected chi connectivity index (χ3v) is 5.32. The number of nitrogens with zero attached hydrogens (tertiary/aromatic N) is 2. The van der Waals surface area contributed by atoms with Gasteiger partial charge < -0.3 is 10.2 Å². The number of piperidine rings is 1. The van der Waals surface area contributed by atoms with Gasteiger partial charge >= 0.3 is 0 Å². The van der Waals surface area contributed by atoms with Crippen molar-refractivity contribution < 1.29 is 9.18 Å². The first-order valence-electron chi connectivity index (χ1n) is 9.01. The van der Waals surface area contributed by atoms with E-state index in [9.17, 15) is 9.18 Å². The number of hydrogen-bond acceptors (Lipinski definition) is 3. The molecule has 1 aromatic heterocycles. The molecule has 2 aliphatic rings. The van der Waals surface area contributed by atoms with Gasteiger partial charge in [0.05, 0.1) is 0 Å². The van der Waals surface area contributed by atoms with Crippen molar-refractivity contribution >= 4 is 5.91 Å². The summed E-state index contributed by atoms with van der Waals surface area (Å²) in [5, 5.41) is 10.6. The van der Waals surface area contributed by atoms with Crippen LogP contribution in [-0.2, 0) is 19.4 Å². The summed E-state index contributed by atoms with van der Waals surface area (Å²) in [6.45, 7) is 3.12. The second-order valence-corrected chi connectivity index (χ2v) is 7.03. The minimum absolute atomic E-state index is 0.0328. The van der Waals surface area contributed by atoms with Gasteiger partial charge in [-0.1, -0.05) is 12.1 Å². The number of hydrogen-bond donors (Lipinski definition) is 2. The van der Waals surface area contributed by atoms with Crippen molar-refractivity contribution in [3.8, 4) is 0 Å². The Labute approximate surface area is 146 Å². The third-order valence-electron chi connectivity index (χ3n) is 5.32. The van der Waals surface area contributed by atoms with Crippen LogP contribution in [0, 0.1) is 11.7 Å². The van der Waals surface area contributed by atoms with E-state index in [4.69, 9.17) is 0 Å². The Hall–Kier alpha value is -2.21. The monoisotopic (exact) mass is 342 g/mol. The van der Waals surface area contributed by atoms with Gasteiger partial charge in [0.2, 0.25) is 0 Å². The lowest BCUT2D eigenvalue weighted by atomic mass is 9.90. The Morgan fingerprint density at radius 3 is 2.96 bits per heavy atom. The SMILES string of the molecule is O=C(c1n[nH]c2c1CNCC2)N1CCC(Cc2cccc(F)c2)CC1. The van der Waals surface area contributed by atoms with E-state index in [0.29, 0.717) is 18.2 Å². The van der Waals surface area contributed by atoms with Crippen LogP contribution in [0.2, 0.25) is 0 Å². The molecule has 0 saturated carbocycles. The molecule has 0 unspecified atom stereocenters. The van der Waals surface area contributed by atoms with Gasteiger partial charge in [-0.3, -0.25) is 9.89 Å². The molecule has 1 saturated heterocycles. The fourth-order valence-electron chi connectivity index (χ4n) is 3.89. The first-order chi connectivity index (χ1) is 12.2. The molecule has 25 heavy (non-hydrogen) atoms. The lowest BCUT2D eigenvalue weighted by Crippen LogP contribution is -2.39. The zero-order chi connectivity index (χ0) is 17.2. The number of carbonyl (C=O) groups is 1. The van der Waals surface area contributed by atoms with Crippen LogP contribution in [0.3, 0.4) is 0 Å². The third kappa shape index (κ3) is 3.44. The minimum Gasteiger partial charge on any atom is -0.337 e. The first-order valence-corrected chi connectivity index (χ1v) is 9.01. The number of likely N-dealkylation sites (tertiary alicyclic amines) is 1. The molecule has 132 valence electrons. The molecule has 0 radical (unpaired) electrons. The van der Waals surface area contributed by atoms with Gasteiger partial charge in [0.15, 0.2) is 5.69 Å². The number of nitrogens with one attached hydrogen (secondary N) is 2. The molecule has 1 aromatic carbocycles. The number of amides is 1. The average molecular weight is 342 g/mol. The van der Waals surface area contributed by atoms with E-state index in [0.717, 1.165) is 62.1 Å². The maximum atomic E-state index is 13.3. The maximum absolute atomic E-state index is 13.3. The van der Waals surface area contributed by atoms with E-state index in [2.05, 4.69) is 15.5 Å². The molecule has 1 amide bonds.